The SMILES string of the molecule is CN(Cc1ccco1)S(=O)(=O)c1ccc(C(=O)N=c2sc3cc(F)ccc3n2C)cc1. The standard InChI is InChI=1S/C21H18FN3O4S2/c1-24(13-16-4-3-11-29-16)31(27,28)17-8-5-14(6-9-17)20(26)23-21-25(2)18-10-7-15(22)12-19(18)30-21/h3-12H,13H2,1-2H3. The van der Waals surface area contributed by atoms with Crippen molar-refractivity contribution in [3.63, 3.8) is 0 Å². The van der Waals surface area contributed by atoms with Crippen LogP contribution in [-0.4, -0.2) is 30.2 Å². The van der Waals surface area contributed by atoms with E-state index in [1.807, 2.05) is 0 Å². The smallest absolute Gasteiger partial charge is 0.279 e. The first-order valence-electron chi connectivity index (χ1n) is 9.18. The molecule has 2 aromatic carbocycles. The average molecular weight is 460 g/mol. The predicted molar refractivity (Wildman–Crippen MR) is 114 cm³/mol. The molecule has 0 saturated heterocycles. The highest BCUT2D eigenvalue weighted by Crippen LogP contribution is 2.19. The number of carbonyl (C=O) groups is 1. The largest absolute Gasteiger partial charge is 0.468 e. The Hall–Kier alpha value is -3.08. The van der Waals surface area contributed by atoms with E-state index in [1.165, 1.54) is 65.4 Å². The van der Waals surface area contributed by atoms with Gasteiger partial charge in [-0.1, -0.05) is 11.3 Å². The van der Waals surface area contributed by atoms with Gasteiger partial charge in [-0.2, -0.15) is 9.30 Å². The molecule has 0 fully saturated rings. The Balaban J connectivity index is 1.58. The molecule has 0 unspecified atom stereocenters. The summed E-state index contributed by atoms with van der Waals surface area (Å²) in [6.45, 7) is 0.0916. The lowest BCUT2D eigenvalue weighted by molar-refractivity contribution is 0.0998. The van der Waals surface area contributed by atoms with E-state index >= 15 is 0 Å². The maximum Gasteiger partial charge on any atom is 0.279 e. The highest BCUT2D eigenvalue weighted by atomic mass is 32.2. The minimum Gasteiger partial charge on any atom is -0.468 e. The molecule has 0 aliphatic carbocycles. The third-order valence-electron chi connectivity index (χ3n) is 4.74. The zero-order valence-corrected chi connectivity index (χ0v) is 18.3. The van der Waals surface area contributed by atoms with Gasteiger partial charge in [-0.3, -0.25) is 4.79 Å². The van der Waals surface area contributed by atoms with Crippen molar-refractivity contribution in [3.8, 4) is 0 Å². The van der Waals surface area contributed by atoms with E-state index in [1.54, 1.807) is 29.8 Å². The van der Waals surface area contributed by atoms with E-state index in [4.69, 9.17) is 4.42 Å². The molecule has 0 atom stereocenters. The minimum absolute atomic E-state index is 0.0565. The third-order valence-corrected chi connectivity index (χ3v) is 7.65. The number of aryl methyl sites for hydroxylation is 1. The topological polar surface area (TPSA) is 84.9 Å². The number of fused-ring (bicyclic) bond motifs is 1. The number of aromatic nitrogens is 1. The molecule has 160 valence electrons. The van der Waals surface area contributed by atoms with E-state index < -0.39 is 15.9 Å². The van der Waals surface area contributed by atoms with Crippen LogP contribution in [0.1, 0.15) is 16.1 Å². The van der Waals surface area contributed by atoms with Gasteiger partial charge < -0.3 is 8.98 Å². The quantitative estimate of drug-likeness (QED) is 0.457. The Labute approximate surface area is 181 Å². The molecule has 7 nitrogen and oxygen atoms in total. The number of amides is 1. The molecular formula is C21H18FN3O4S2. The van der Waals surface area contributed by atoms with Crippen molar-refractivity contribution in [2.45, 2.75) is 11.4 Å². The van der Waals surface area contributed by atoms with Crippen LogP contribution in [-0.2, 0) is 23.6 Å². The number of carbonyl (C=O) groups excluding carboxylic acids is 1. The fourth-order valence-electron chi connectivity index (χ4n) is 3.02. The van der Waals surface area contributed by atoms with Crippen LogP contribution >= 0.6 is 11.3 Å². The van der Waals surface area contributed by atoms with E-state index in [2.05, 4.69) is 4.99 Å². The molecule has 31 heavy (non-hydrogen) atoms. The molecule has 4 rings (SSSR count). The maximum atomic E-state index is 13.4. The van der Waals surface area contributed by atoms with Crippen LogP contribution in [0.3, 0.4) is 0 Å². The minimum atomic E-state index is -3.75. The summed E-state index contributed by atoms with van der Waals surface area (Å²) in [6.07, 6.45) is 1.48. The lowest BCUT2D eigenvalue weighted by Crippen LogP contribution is -2.26. The second kappa shape index (κ2) is 8.22. The zero-order chi connectivity index (χ0) is 22.2. The number of rotatable bonds is 5. The first-order chi connectivity index (χ1) is 14.8. The molecule has 0 radical (unpaired) electrons. The highest BCUT2D eigenvalue weighted by Gasteiger charge is 2.22. The first-order valence-corrected chi connectivity index (χ1v) is 11.4. The number of furan rings is 1. The molecule has 0 saturated carbocycles. The van der Waals surface area contributed by atoms with Crippen molar-refractivity contribution < 1.29 is 22.0 Å². The normalized spacial score (nSPS) is 12.7. The molecule has 0 aliphatic rings. The Bertz CT molecular complexity index is 1420. The van der Waals surface area contributed by atoms with Gasteiger partial charge >= 0.3 is 0 Å². The van der Waals surface area contributed by atoms with Crippen molar-refractivity contribution in [2.75, 3.05) is 7.05 Å². The molecule has 10 heteroatoms. The van der Waals surface area contributed by atoms with Crippen molar-refractivity contribution in [1.29, 1.82) is 0 Å². The molecule has 4 aromatic rings. The van der Waals surface area contributed by atoms with Gasteiger partial charge in [0.15, 0.2) is 4.80 Å². The Morgan fingerprint density at radius 3 is 2.61 bits per heavy atom. The summed E-state index contributed by atoms with van der Waals surface area (Å²) < 4.78 is 47.7. The number of thiazole rings is 1. The lowest BCUT2D eigenvalue weighted by Gasteiger charge is -2.16. The van der Waals surface area contributed by atoms with Gasteiger partial charge in [0.1, 0.15) is 11.6 Å². The molecule has 0 spiro atoms. The van der Waals surface area contributed by atoms with E-state index in [9.17, 15) is 17.6 Å². The summed E-state index contributed by atoms with van der Waals surface area (Å²) >= 11 is 1.20. The monoisotopic (exact) mass is 459 g/mol. The Kier molecular flexibility index (Phi) is 5.61. The number of sulfonamides is 1. The lowest BCUT2D eigenvalue weighted by atomic mass is 10.2. The summed E-state index contributed by atoms with van der Waals surface area (Å²) in [5, 5.41) is 0. The van der Waals surface area contributed by atoms with Crippen LogP contribution in [0.5, 0.6) is 0 Å². The van der Waals surface area contributed by atoms with Gasteiger partial charge in [0.05, 0.1) is 27.9 Å². The fraction of sp³-hybridized carbons (Fsp3) is 0.143. The Morgan fingerprint density at radius 2 is 1.94 bits per heavy atom. The van der Waals surface area contributed by atoms with Crippen molar-refractivity contribution in [3.05, 3.63) is 82.8 Å². The average Bonchev–Trinajstić information content (AvgIpc) is 3.36. The summed E-state index contributed by atoms with van der Waals surface area (Å²) in [4.78, 5) is 17.2. The van der Waals surface area contributed by atoms with Gasteiger partial charge in [-0.15, -0.1) is 0 Å². The third kappa shape index (κ3) is 4.22. The highest BCUT2D eigenvalue weighted by molar-refractivity contribution is 7.89. The van der Waals surface area contributed by atoms with Crippen LogP contribution in [0.4, 0.5) is 4.39 Å². The van der Waals surface area contributed by atoms with Crippen LogP contribution in [0, 0.1) is 5.82 Å². The number of hydrogen-bond acceptors (Lipinski definition) is 5. The van der Waals surface area contributed by atoms with Crippen molar-refractivity contribution >= 4 is 37.5 Å². The van der Waals surface area contributed by atoms with Crippen molar-refractivity contribution in [1.82, 2.24) is 8.87 Å². The summed E-state index contributed by atoms with van der Waals surface area (Å²) in [7, 11) is -0.552. The number of benzene rings is 2. The number of halogens is 1. The molecule has 0 aliphatic heterocycles. The molecule has 0 bridgehead atoms. The van der Waals surface area contributed by atoms with Crippen molar-refractivity contribution in [2.24, 2.45) is 12.0 Å². The molecule has 2 aromatic heterocycles. The Morgan fingerprint density at radius 1 is 1.19 bits per heavy atom. The summed E-state index contributed by atoms with van der Waals surface area (Å²) in [5.74, 6) is -0.357. The van der Waals surface area contributed by atoms with E-state index in [0.29, 0.717) is 15.3 Å². The molecule has 2 heterocycles. The molecule has 1 amide bonds. The molecule has 0 N–H and O–H groups in total. The van der Waals surface area contributed by atoms with Gasteiger partial charge in [0.2, 0.25) is 10.0 Å². The van der Waals surface area contributed by atoms with Gasteiger partial charge in [0, 0.05) is 19.7 Å². The second-order valence-electron chi connectivity index (χ2n) is 6.84. The van der Waals surface area contributed by atoms with Gasteiger partial charge in [-0.25, -0.2) is 12.8 Å². The van der Waals surface area contributed by atoms with Gasteiger partial charge in [0.25, 0.3) is 5.91 Å². The predicted octanol–water partition coefficient (Wildman–Crippen LogP) is 3.53. The molecular weight excluding hydrogens is 441 g/mol. The van der Waals surface area contributed by atoms with Crippen LogP contribution < -0.4 is 4.80 Å². The van der Waals surface area contributed by atoms with E-state index in [-0.39, 0.29) is 22.8 Å². The second-order valence-corrected chi connectivity index (χ2v) is 9.89. The summed E-state index contributed by atoms with van der Waals surface area (Å²) in [6, 6.07) is 13.3. The van der Waals surface area contributed by atoms with Crippen LogP contribution in [0.25, 0.3) is 10.2 Å². The fourth-order valence-corrected chi connectivity index (χ4v) is 5.20. The zero-order valence-electron chi connectivity index (χ0n) is 16.6. The van der Waals surface area contributed by atoms with Crippen LogP contribution in [0.2, 0.25) is 0 Å². The summed E-state index contributed by atoms with van der Waals surface area (Å²) in [5.41, 5.74) is 1.01. The van der Waals surface area contributed by atoms with E-state index in [0.717, 1.165) is 5.52 Å². The first kappa shape index (κ1) is 21.2. The number of nitrogens with zero attached hydrogens (tertiary/aromatic N) is 3. The van der Waals surface area contributed by atoms with Gasteiger partial charge in [-0.05, 0) is 54.6 Å². The van der Waals surface area contributed by atoms with Crippen LogP contribution in [0.15, 0.2) is 75.2 Å². The maximum absolute atomic E-state index is 13.4. The number of hydrogen-bond donors (Lipinski definition) is 0.